The van der Waals surface area contributed by atoms with Gasteiger partial charge in [-0.25, -0.2) is 4.79 Å². The van der Waals surface area contributed by atoms with E-state index in [1.807, 2.05) is 58.0 Å². The highest BCUT2D eigenvalue weighted by atomic mass is 16.2. The minimum atomic E-state index is -1.03. The van der Waals surface area contributed by atoms with Gasteiger partial charge in [0.1, 0.15) is 5.54 Å². The number of imide groups is 1. The zero-order chi connectivity index (χ0) is 20.2. The van der Waals surface area contributed by atoms with Crippen LogP contribution in [0.15, 0.2) is 30.3 Å². The van der Waals surface area contributed by atoms with E-state index in [0.29, 0.717) is 12.0 Å². The van der Waals surface area contributed by atoms with E-state index in [1.54, 1.807) is 0 Å². The number of carbonyl (C=O) groups is 3. The van der Waals surface area contributed by atoms with Crippen molar-refractivity contribution in [3.63, 3.8) is 0 Å². The summed E-state index contributed by atoms with van der Waals surface area (Å²) in [4.78, 5) is 40.0. The van der Waals surface area contributed by atoms with E-state index in [9.17, 15) is 14.4 Å². The molecule has 5 heteroatoms. The predicted molar refractivity (Wildman–Crippen MR) is 106 cm³/mol. The molecule has 0 unspecified atom stereocenters. The molecular weight excluding hydrogens is 352 g/mol. The number of urea groups is 1. The largest absolute Gasteiger partial charge is 0.325 e. The van der Waals surface area contributed by atoms with E-state index in [-0.39, 0.29) is 18.2 Å². The average molecular weight is 376 g/mol. The van der Waals surface area contributed by atoms with Crippen LogP contribution in [0, 0.1) is 27.7 Å². The second kappa shape index (κ2) is 6.30. The first kappa shape index (κ1) is 18.4. The summed E-state index contributed by atoms with van der Waals surface area (Å²) in [5.41, 5.74) is 5.64. The fourth-order valence-electron chi connectivity index (χ4n) is 4.46. The van der Waals surface area contributed by atoms with Crippen LogP contribution in [0.3, 0.4) is 0 Å². The van der Waals surface area contributed by atoms with E-state index in [4.69, 9.17) is 0 Å². The standard InChI is InChI=1S/C23H24N2O3/c1-13-11-18(16(4)15(3)14(13)2)20(26)12-25-21(27)23(24-22(25)28)10-9-17-7-5-6-8-19(17)23/h5-8,11H,9-10,12H2,1-4H3,(H,24,28)/t23-/m0/s1. The van der Waals surface area contributed by atoms with Gasteiger partial charge in [-0.15, -0.1) is 0 Å². The van der Waals surface area contributed by atoms with Crippen LogP contribution in [-0.2, 0) is 16.8 Å². The number of hydrogen-bond donors (Lipinski definition) is 1. The van der Waals surface area contributed by atoms with Gasteiger partial charge in [-0.1, -0.05) is 24.3 Å². The number of hydrogen-bond acceptors (Lipinski definition) is 3. The summed E-state index contributed by atoms with van der Waals surface area (Å²) in [5.74, 6) is -0.537. The lowest BCUT2D eigenvalue weighted by Gasteiger charge is -2.22. The van der Waals surface area contributed by atoms with Crippen molar-refractivity contribution in [2.75, 3.05) is 6.54 Å². The van der Waals surface area contributed by atoms with Gasteiger partial charge in [0.25, 0.3) is 5.91 Å². The van der Waals surface area contributed by atoms with Gasteiger partial charge >= 0.3 is 6.03 Å². The van der Waals surface area contributed by atoms with Crippen LogP contribution in [0.5, 0.6) is 0 Å². The molecule has 1 aliphatic heterocycles. The molecule has 1 atom stereocenters. The second-order valence-corrected chi connectivity index (χ2v) is 7.92. The number of ketones is 1. The Labute approximate surface area is 164 Å². The van der Waals surface area contributed by atoms with Crippen molar-refractivity contribution in [3.05, 3.63) is 69.3 Å². The van der Waals surface area contributed by atoms with Crippen molar-refractivity contribution in [2.45, 2.75) is 46.1 Å². The molecule has 28 heavy (non-hydrogen) atoms. The van der Waals surface area contributed by atoms with Crippen molar-refractivity contribution in [1.82, 2.24) is 10.2 Å². The number of nitrogens with zero attached hydrogens (tertiary/aromatic N) is 1. The summed E-state index contributed by atoms with van der Waals surface area (Å²) in [6.45, 7) is 7.67. The molecule has 1 saturated heterocycles. The molecule has 1 N–H and O–H groups in total. The molecule has 144 valence electrons. The van der Waals surface area contributed by atoms with Gasteiger partial charge in [-0.3, -0.25) is 14.5 Å². The maximum absolute atomic E-state index is 13.2. The van der Waals surface area contributed by atoms with Gasteiger partial charge in [-0.05, 0) is 80.0 Å². The molecule has 2 aliphatic rings. The Morgan fingerprint density at radius 2 is 1.79 bits per heavy atom. The van der Waals surface area contributed by atoms with Crippen LogP contribution in [0.2, 0.25) is 0 Å². The molecule has 4 rings (SSSR count). The zero-order valence-corrected chi connectivity index (χ0v) is 16.7. The third-order valence-electron chi connectivity index (χ3n) is 6.51. The fourth-order valence-corrected chi connectivity index (χ4v) is 4.46. The van der Waals surface area contributed by atoms with Crippen molar-refractivity contribution < 1.29 is 14.4 Å². The van der Waals surface area contributed by atoms with Crippen LogP contribution >= 0.6 is 0 Å². The number of carbonyl (C=O) groups excluding carboxylic acids is 3. The van der Waals surface area contributed by atoms with Gasteiger partial charge in [0.2, 0.25) is 0 Å². The Balaban J connectivity index is 1.65. The van der Waals surface area contributed by atoms with Gasteiger partial charge in [0.05, 0.1) is 6.54 Å². The van der Waals surface area contributed by atoms with Crippen molar-refractivity contribution in [3.8, 4) is 0 Å². The fraction of sp³-hybridized carbons (Fsp3) is 0.348. The Hall–Kier alpha value is -2.95. The molecule has 5 nitrogen and oxygen atoms in total. The lowest BCUT2D eigenvalue weighted by Crippen LogP contribution is -2.42. The maximum Gasteiger partial charge on any atom is 0.325 e. The first-order valence-electron chi connectivity index (χ1n) is 9.59. The second-order valence-electron chi connectivity index (χ2n) is 7.92. The number of nitrogens with one attached hydrogen (secondary N) is 1. The lowest BCUT2D eigenvalue weighted by molar-refractivity contribution is -0.131. The molecule has 2 aromatic carbocycles. The van der Waals surface area contributed by atoms with Crippen molar-refractivity contribution in [2.24, 2.45) is 0 Å². The molecule has 2 aromatic rings. The summed E-state index contributed by atoms with van der Waals surface area (Å²) >= 11 is 0. The molecule has 0 radical (unpaired) electrons. The third kappa shape index (κ3) is 2.49. The molecule has 0 bridgehead atoms. The SMILES string of the molecule is Cc1cc(C(=O)CN2C(=O)N[C@]3(CCc4ccccc43)C2=O)c(C)c(C)c1C. The molecule has 1 fully saturated rings. The van der Waals surface area contributed by atoms with Crippen LogP contribution in [0.1, 0.15) is 50.2 Å². The van der Waals surface area contributed by atoms with Crippen LogP contribution in [0.4, 0.5) is 4.79 Å². The molecule has 1 heterocycles. The highest BCUT2D eigenvalue weighted by molar-refractivity contribution is 6.12. The normalized spacial score (nSPS) is 20.6. The number of fused-ring (bicyclic) bond motifs is 2. The Morgan fingerprint density at radius 1 is 1.07 bits per heavy atom. The summed E-state index contributed by atoms with van der Waals surface area (Å²) < 4.78 is 0. The van der Waals surface area contributed by atoms with Gasteiger partial charge in [0, 0.05) is 5.56 Å². The molecule has 0 saturated carbocycles. The first-order valence-corrected chi connectivity index (χ1v) is 9.59. The lowest BCUT2D eigenvalue weighted by atomic mass is 9.91. The Morgan fingerprint density at radius 3 is 2.54 bits per heavy atom. The maximum atomic E-state index is 13.2. The van der Waals surface area contributed by atoms with E-state index in [0.717, 1.165) is 44.7 Å². The minimum Gasteiger partial charge on any atom is -0.319 e. The summed E-state index contributed by atoms with van der Waals surface area (Å²) in [7, 11) is 0. The molecule has 3 amide bonds. The summed E-state index contributed by atoms with van der Waals surface area (Å²) in [6.07, 6.45) is 1.27. The highest BCUT2D eigenvalue weighted by Crippen LogP contribution is 2.41. The van der Waals surface area contributed by atoms with Crippen molar-refractivity contribution in [1.29, 1.82) is 0 Å². The Bertz CT molecular complexity index is 1040. The van der Waals surface area contributed by atoms with E-state index < -0.39 is 11.6 Å². The average Bonchev–Trinajstić information content (AvgIpc) is 3.16. The number of amides is 3. The molecule has 0 aromatic heterocycles. The van der Waals surface area contributed by atoms with Crippen LogP contribution in [0.25, 0.3) is 0 Å². The Kier molecular flexibility index (Phi) is 4.14. The van der Waals surface area contributed by atoms with E-state index >= 15 is 0 Å². The smallest absolute Gasteiger partial charge is 0.319 e. The number of aryl methyl sites for hydroxylation is 2. The first-order chi connectivity index (χ1) is 13.3. The van der Waals surface area contributed by atoms with Crippen molar-refractivity contribution >= 4 is 17.7 Å². The van der Waals surface area contributed by atoms with Crippen LogP contribution in [-0.4, -0.2) is 29.2 Å². The highest BCUT2D eigenvalue weighted by Gasteiger charge is 2.55. The number of Topliss-reactive ketones (excluding diaryl/α,β-unsaturated/α-hetero) is 1. The molecule has 1 spiro atoms. The quantitative estimate of drug-likeness (QED) is 0.659. The number of benzene rings is 2. The summed E-state index contributed by atoms with van der Waals surface area (Å²) in [6, 6.07) is 9.06. The van der Waals surface area contributed by atoms with Crippen LogP contribution < -0.4 is 5.32 Å². The third-order valence-corrected chi connectivity index (χ3v) is 6.51. The summed E-state index contributed by atoms with van der Waals surface area (Å²) in [5, 5.41) is 2.87. The number of rotatable bonds is 3. The zero-order valence-electron chi connectivity index (χ0n) is 16.7. The van der Waals surface area contributed by atoms with Gasteiger partial charge in [-0.2, -0.15) is 0 Å². The minimum absolute atomic E-state index is 0.212. The van der Waals surface area contributed by atoms with E-state index in [2.05, 4.69) is 5.32 Å². The monoisotopic (exact) mass is 376 g/mol. The topological polar surface area (TPSA) is 66.5 Å². The van der Waals surface area contributed by atoms with Gasteiger partial charge < -0.3 is 5.32 Å². The molecule has 1 aliphatic carbocycles. The van der Waals surface area contributed by atoms with E-state index in [1.165, 1.54) is 0 Å². The predicted octanol–water partition coefficient (Wildman–Crippen LogP) is 3.50. The van der Waals surface area contributed by atoms with Gasteiger partial charge in [0.15, 0.2) is 5.78 Å². The molecular formula is C23H24N2O3.